The number of amides is 1. The Balaban J connectivity index is 1.54. The molecule has 1 aliphatic rings. The first-order valence-corrected chi connectivity index (χ1v) is 8.11. The fourth-order valence-corrected chi connectivity index (χ4v) is 3.20. The van der Waals surface area contributed by atoms with Crippen LogP contribution in [-0.4, -0.2) is 40.1 Å². The highest BCUT2D eigenvalue weighted by atomic mass is 16.5. The second kappa shape index (κ2) is 7.29. The first-order chi connectivity index (χ1) is 11.6. The molecule has 2 heterocycles. The molecule has 6 heteroatoms. The summed E-state index contributed by atoms with van der Waals surface area (Å²) in [7, 11) is 0. The number of carboxylic acid groups (broad SMARTS) is 1. The normalized spacial score (nSPS) is 15.4. The number of nitrogens with zero attached hydrogens (tertiary/aromatic N) is 2. The van der Waals surface area contributed by atoms with Crippen molar-refractivity contribution in [3.63, 3.8) is 0 Å². The van der Waals surface area contributed by atoms with Crippen LogP contribution >= 0.6 is 0 Å². The highest BCUT2D eigenvalue weighted by molar-refractivity contribution is 5.89. The van der Waals surface area contributed by atoms with E-state index < -0.39 is 5.97 Å². The van der Waals surface area contributed by atoms with Crippen LogP contribution < -0.4 is 0 Å². The second-order valence-corrected chi connectivity index (χ2v) is 6.16. The van der Waals surface area contributed by atoms with Crippen molar-refractivity contribution < 1.29 is 19.2 Å². The number of carbonyl (C=O) groups excluding carboxylic acids is 1. The number of rotatable bonds is 5. The number of likely N-dealkylation sites (tertiary alicyclic amines) is 1. The highest BCUT2D eigenvalue weighted by Crippen LogP contribution is 2.24. The molecule has 0 bridgehead atoms. The summed E-state index contributed by atoms with van der Waals surface area (Å²) >= 11 is 0. The quantitative estimate of drug-likeness (QED) is 0.911. The fraction of sp³-hybridized carbons (Fsp3) is 0.389. The van der Waals surface area contributed by atoms with E-state index in [9.17, 15) is 14.7 Å². The van der Waals surface area contributed by atoms with E-state index in [4.69, 9.17) is 4.52 Å². The third kappa shape index (κ3) is 3.82. The molecule has 0 atom stereocenters. The molecule has 126 valence electrons. The Morgan fingerprint density at radius 2 is 1.96 bits per heavy atom. The Hall–Kier alpha value is -2.63. The van der Waals surface area contributed by atoms with Crippen LogP contribution in [0.5, 0.6) is 0 Å². The molecule has 0 radical (unpaired) electrons. The Bertz CT molecular complexity index is 704. The van der Waals surface area contributed by atoms with E-state index in [-0.39, 0.29) is 12.3 Å². The van der Waals surface area contributed by atoms with Crippen LogP contribution in [0, 0.1) is 5.92 Å². The molecule has 1 amide bonds. The average molecular weight is 328 g/mol. The van der Waals surface area contributed by atoms with Gasteiger partial charge in [-0.25, -0.2) is 4.79 Å². The fourth-order valence-electron chi connectivity index (χ4n) is 3.20. The van der Waals surface area contributed by atoms with Gasteiger partial charge in [-0.05, 0) is 36.8 Å². The van der Waals surface area contributed by atoms with Gasteiger partial charge in [-0.1, -0.05) is 23.4 Å². The Labute approximate surface area is 140 Å². The topological polar surface area (TPSA) is 83.6 Å². The van der Waals surface area contributed by atoms with Gasteiger partial charge in [0.05, 0.1) is 17.7 Å². The van der Waals surface area contributed by atoms with Crippen molar-refractivity contribution in [2.24, 2.45) is 5.92 Å². The van der Waals surface area contributed by atoms with Gasteiger partial charge in [-0.2, -0.15) is 0 Å². The van der Waals surface area contributed by atoms with E-state index in [0.717, 1.165) is 24.8 Å². The zero-order valence-electron chi connectivity index (χ0n) is 13.4. The van der Waals surface area contributed by atoms with E-state index in [1.54, 1.807) is 18.2 Å². The molecule has 1 fully saturated rings. The van der Waals surface area contributed by atoms with Gasteiger partial charge in [0, 0.05) is 19.2 Å². The van der Waals surface area contributed by atoms with Gasteiger partial charge in [0.25, 0.3) is 0 Å². The summed E-state index contributed by atoms with van der Waals surface area (Å²) in [5, 5.41) is 13.0. The second-order valence-electron chi connectivity index (χ2n) is 6.16. The molecule has 2 aromatic rings. The molecule has 0 aliphatic carbocycles. The number of aromatic nitrogens is 1. The largest absolute Gasteiger partial charge is 0.478 e. The minimum atomic E-state index is -0.883. The summed E-state index contributed by atoms with van der Waals surface area (Å²) in [6.07, 6.45) is 4.25. The number of hydrogen-bond donors (Lipinski definition) is 1. The number of carboxylic acids is 1. The summed E-state index contributed by atoms with van der Waals surface area (Å²) < 4.78 is 4.75. The minimum absolute atomic E-state index is 0.0632. The smallest absolute Gasteiger partial charge is 0.335 e. The van der Waals surface area contributed by atoms with Gasteiger partial charge < -0.3 is 14.5 Å². The summed E-state index contributed by atoms with van der Waals surface area (Å²) in [5.41, 5.74) is 1.90. The monoisotopic (exact) mass is 328 g/mol. The van der Waals surface area contributed by atoms with Crippen molar-refractivity contribution in [1.29, 1.82) is 0 Å². The molecule has 1 aromatic carbocycles. The summed E-state index contributed by atoms with van der Waals surface area (Å²) in [6.45, 7) is 1.41. The lowest BCUT2D eigenvalue weighted by Crippen LogP contribution is -2.39. The highest BCUT2D eigenvalue weighted by Gasteiger charge is 2.24. The molecule has 0 saturated carbocycles. The number of benzene rings is 1. The first-order valence-electron chi connectivity index (χ1n) is 8.11. The number of piperidine rings is 1. The van der Waals surface area contributed by atoms with E-state index in [0.29, 0.717) is 30.3 Å². The summed E-state index contributed by atoms with van der Waals surface area (Å²) in [4.78, 5) is 25.4. The van der Waals surface area contributed by atoms with Crippen molar-refractivity contribution >= 4 is 11.9 Å². The van der Waals surface area contributed by atoms with Crippen molar-refractivity contribution in [3.05, 3.63) is 53.4 Å². The molecule has 6 nitrogen and oxygen atoms in total. The van der Waals surface area contributed by atoms with Crippen LogP contribution in [0.25, 0.3) is 0 Å². The zero-order valence-corrected chi connectivity index (χ0v) is 13.4. The number of aromatic carboxylic acids is 1. The van der Waals surface area contributed by atoms with E-state index in [1.165, 1.54) is 6.26 Å². The lowest BCUT2D eigenvalue weighted by atomic mass is 9.88. The van der Waals surface area contributed by atoms with E-state index in [1.807, 2.05) is 17.0 Å². The van der Waals surface area contributed by atoms with Crippen LogP contribution in [0.4, 0.5) is 0 Å². The maximum atomic E-state index is 12.2. The van der Waals surface area contributed by atoms with Gasteiger partial charge in [-0.15, -0.1) is 0 Å². The van der Waals surface area contributed by atoms with Crippen LogP contribution in [0.3, 0.4) is 0 Å². The minimum Gasteiger partial charge on any atom is -0.478 e. The van der Waals surface area contributed by atoms with Crippen molar-refractivity contribution in [1.82, 2.24) is 10.1 Å². The predicted molar refractivity (Wildman–Crippen MR) is 86.6 cm³/mol. The Morgan fingerprint density at radius 1 is 1.21 bits per heavy atom. The molecule has 3 rings (SSSR count). The average Bonchev–Trinajstić information content (AvgIpc) is 3.09. The third-order valence-corrected chi connectivity index (χ3v) is 4.55. The predicted octanol–water partition coefficient (Wildman–Crippen LogP) is 2.40. The van der Waals surface area contributed by atoms with Gasteiger partial charge in [0.15, 0.2) is 0 Å². The van der Waals surface area contributed by atoms with Crippen LogP contribution in [-0.2, 0) is 17.6 Å². The zero-order chi connectivity index (χ0) is 16.9. The molecular formula is C18H20N2O4. The molecule has 24 heavy (non-hydrogen) atoms. The van der Waals surface area contributed by atoms with Crippen LogP contribution in [0.1, 0.15) is 34.5 Å². The van der Waals surface area contributed by atoms with E-state index >= 15 is 0 Å². The molecule has 1 saturated heterocycles. The Morgan fingerprint density at radius 3 is 2.62 bits per heavy atom. The van der Waals surface area contributed by atoms with Gasteiger partial charge in [0.1, 0.15) is 6.26 Å². The van der Waals surface area contributed by atoms with Gasteiger partial charge in [0.2, 0.25) is 5.91 Å². The summed E-state index contributed by atoms with van der Waals surface area (Å²) in [5.74, 6) is -0.416. The number of carbonyl (C=O) groups is 2. The van der Waals surface area contributed by atoms with Gasteiger partial charge >= 0.3 is 5.97 Å². The first kappa shape index (κ1) is 16.2. The number of hydrogen-bond acceptors (Lipinski definition) is 4. The van der Waals surface area contributed by atoms with Gasteiger partial charge in [-0.3, -0.25) is 4.79 Å². The van der Waals surface area contributed by atoms with Crippen LogP contribution in [0.2, 0.25) is 0 Å². The van der Waals surface area contributed by atoms with Crippen LogP contribution in [0.15, 0.2) is 41.1 Å². The molecule has 0 spiro atoms. The Kier molecular flexibility index (Phi) is 4.93. The van der Waals surface area contributed by atoms with Crippen molar-refractivity contribution in [3.8, 4) is 0 Å². The molecule has 1 aliphatic heterocycles. The van der Waals surface area contributed by atoms with E-state index in [2.05, 4.69) is 5.16 Å². The molecular weight excluding hydrogens is 308 g/mol. The van der Waals surface area contributed by atoms with Crippen molar-refractivity contribution in [2.75, 3.05) is 13.1 Å². The maximum absolute atomic E-state index is 12.2. The lowest BCUT2D eigenvalue weighted by molar-refractivity contribution is -0.131. The maximum Gasteiger partial charge on any atom is 0.335 e. The standard InChI is InChI=1S/C18H20N2O4/c21-17(12-15-7-10-24-19-15)20-8-5-13(6-9-20)11-14-3-1-2-4-16(14)18(22)23/h1-4,7,10,13H,5-6,8-9,11-12H2,(H,22,23). The third-order valence-electron chi connectivity index (χ3n) is 4.55. The molecule has 1 aromatic heterocycles. The molecule has 1 N–H and O–H groups in total. The lowest BCUT2D eigenvalue weighted by Gasteiger charge is -2.32. The van der Waals surface area contributed by atoms with Crippen molar-refractivity contribution in [2.45, 2.75) is 25.7 Å². The SMILES string of the molecule is O=C(O)c1ccccc1CC1CCN(C(=O)Cc2ccon2)CC1. The summed E-state index contributed by atoms with van der Waals surface area (Å²) in [6, 6.07) is 8.85. The molecule has 0 unspecified atom stereocenters.